The molecule has 0 saturated heterocycles. The Labute approximate surface area is 100 Å². The molecule has 17 heavy (non-hydrogen) atoms. The van der Waals surface area contributed by atoms with Gasteiger partial charge in [0.15, 0.2) is 5.82 Å². The number of hydrogen-bond acceptors (Lipinski definition) is 5. The first-order chi connectivity index (χ1) is 8.20. The van der Waals surface area contributed by atoms with Crippen LogP contribution in [0.4, 0.5) is 11.5 Å². The van der Waals surface area contributed by atoms with E-state index in [2.05, 4.69) is 25.8 Å². The molecule has 1 atom stereocenters. The third-order valence-corrected chi connectivity index (χ3v) is 2.53. The number of nitrogens with zero attached hydrogens (tertiary/aromatic N) is 4. The molecule has 0 spiro atoms. The summed E-state index contributed by atoms with van der Waals surface area (Å²) in [6.45, 7) is 2.05. The van der Waals surface area contributed by atoms with Gasteiger partial charge < -0.3 is 15.2 Å². The third kappa shape index (κ3) is 2.52. The lowest BCUT2D eigenvalue weighted by Crippen LogP contribution is -2.12. The highest BCUT2D eigenvalue weighted by Crippen LogP contribution is 2.18. The maximum absolute atomic E-state index is 4.16. The second-order valence-corrected chi connectivity index (χ2v) is 3.85. The van der Waals surface area contributed by atoms with Crippen LogP contribution in [0.15, 0.2) is 24.7 Å². The first-order valence-electron chi connectivity index (χ1n) is 5.45. The Hall–Kier alpha value is -2.11. The zero-order valence-corrected chi connectivity index (χ0v) is 10.2. The fourth-order valence-corrected chi connectivity index (χ4v) is 1.66. The van der Waals surface area contributed by atoms with Gasteiger partial charge in [0.1, 0.15) is 12.1 Å². The molecule has 6 nitrogen and oxygen atoms in total. The second-order valence-electron chi connectivity index (χ2n) is 3.85. The Kier molecular flexibility index (Phi) is 3.22. The van der Waals surface area contributed by atoms with Crippen LogP contribution in [-0.4, -0.2) is 26.8 Å². The Morgan fingerprint density at radius 3 is 2.88 bits per heavy atom. The normalized spacial score (nSPS) is 12.2. The topological polar surface area (TPSA) is 67.7 Å². The fourth-order valence-electron chi connectivity index (χ4n) is 1.66. The molecule has 2 aromatic rings. The summed E-state index contributed by atoms with van der Waals surface area (Å²) < 4.78 is 1.90. The summed E-state index contributed by atoms with van der Waals surface area (Å²) in [6.07, 6.45) is 3.46. The Balaban J connectivity index is 2.13. The van der Waals surface area contributed by atoms with E-state index >= 15 is 0 Å². The summed E-state index contributed by atoms with van der Waals surface area (Å²) in [4.78, 5) is 4.16. The van der Waals surface area contributed by atoms with Crippen molar-refractivity contribution in [1.82, 2.24) is 19.7 Å². The second kappa shape index (κ2) is 4.82. The van der Waals surface area contributed by atoms with Gasteiger partial charge in [0.2, 0.25) is 0 Å². The van der Waals surface area contributed by atoms with Gasteiger partial charge in [0.05, 0.1) is 6.04 Å². The number of anilines is 2. The molecule has 90 valence electrons. The minimum Gasteiger partial charge on any atom is -0.375 e. The molecule has 0 aromatic carbocycles. The molecular formula is C11H16N6. The molecule has 6 heteroatoms. The standard InChI is InChI=1S/C11H16N6/c1-8(11-16-14-7-17(11)3)15-9-4-5-13-10(6-9)12-2/h4-8H,1-3H3,(H2,12,13,15). The highest BCUT2D eigenvalue weighted by Gasteiger charge is 2.10. The van der Waals surface area contributed by atoms with Crippen molar-refractivity contribution >= 4 is 11.5 Å². The molecule has 2 aromatic heterocycles. The average Bonchev–Trinajstić information content (AvgIpc) is 2.76. The Bertz CT molecular complexity index is 492. The fraction of sp³-hybridized carbons (Fsp3) is 0.364. The molecule has 0 aliphatic rings. The lowest BCUT2D eigenvalue weighted by molar-refractivity contribution is 0.719. The maximum atomic E-state index is 4.16. The van der Waals surface area contributed by atoms with Gasteiger partial charge >= 0.3 is 0 Å². The molecule has 0 fully saturated rings. The first kappa shape index (κ1) is 11.4. The number of rotatable bonds is 4. The van der Waals surface area contributed by atoms with E-state index in [4.69, 9.17) is 0 Å². The van der Waals surface area contributed by atoms with Gasteiger partial charge in [-0.25, -0.2) is 4.98 Å². The smallest absolute Gasteiger partial charge is 0.154 e. The molecule has 2 rings (SSSR count). The van der Waals surface area contributed by atoms with Gasteiger partial charge in [-0.3, -0.25) is 0 Å². The van der Waals surface area contributed by atoms with Crippen LogP contribution in [0.3, 0.4) is 0 Å². The van der Waals surface area contributed by atoms with Crippen molar-refractivity contribution in [3.8, 4) is 0 Å². The van der Waals surface area contributed by atoms with Crippen molar-refractivity contribution in [2.45, 2.75) is 13.0 Å². The van der Waals surface area contributed by atoms with Crippen molar-refractivity contribution in [3.63, 3.8) is 0 Å². The zero-order chi connectivity index (χ0) is 12.3. The van der Waals surface area contributed by atoms with Crippen LogP contribution in [-0.2, 0) is 7.05 Å². The van der Waals surface area contributed by atoms with E-state index < -0.39 is 0 Å². The van der Waals surface area contributed by atoms with Crippen LogP contribution in [0.25, 0.3) is 0 Å². The van der Waals surface area contributed by atoms with E-state index in [9.17, 15) is 0 Å². The van der Waals surface area contributed by atoms with Crippen molar-refractivity contribution in [1.29, 1.82) is 0 Å². The summed E-state index contributed by atoms with van der Waals surface area (Å²) in [5.74, 6) is 1.73. The highest BCUT2D eigenvalue weighted by atomic mass is 15.3. The lowest BCUT2D eigenvalue weighted by Gasteiger charge is -2.14. The maximum Gasteiger partial charge on any atom is 0.154 e. The lowest BCUT2D eigenvalue weighted by atomic mass is 10.3. The van der Waals surface area contributed by atoms with E-state index in [1.165, 1.54) is 0 Å². The largest absolute Gasteiger partial charge is 0.375 e. The molecule has 0 saturated carbocycles. The average molecular weight is 232 g/mol. The molecule has 0 radical (unpaired) electrons. The molecule has 0 aliphatic heterocycles. The van der Waals surface area contributed by atoms with Crippen LogP contribution >= 0.6 is 0 Å². The predicted octanol–water partition coefficient (Wildman–Crippen LogP) is 1.42. The SMILES string of the molecule is CNc1cc(NC(C)c2nncn2C)ccn1. The van der Waals surface area contributed by atoms with E-state index in [0.29, 0.717) is 0 Å². The molecule has 0 aliphatic carbocycles. The third-order valence-electron chi connectivity index (χ3n) is 2.53. The predicted molar refractivity (Wildman–Crippen MR) is 66.8 cm³/mol. The molecule has 0 bridgehead atoms. The summed E-state index contributed by atoms with van der Waals surface area (Å²) in [5.41, 5.74) is 1.000. The van der Waals surface area contributed by atoms with Crippen LogP contribution in [0.2, 0.25) is 0 Å². The van der Waals surface area contributed by atoms with Crippen LogP contribution in [0.1, 0.15) is 18.8 Å². The van der Waals surface area contributed by atoms with Crippen LogP contribution < -0.4 is 10.6 Å². The zero-order valence-electron chi connectivity index (χ0n) is 10.2. The van der Waals surface area contributed by atoms with E-state index in [1.807, 2.05) is 37.7 Å². The molecule has 2 N–H and O–H groups in total. The summed E-state index contributed by atoms with van der Waals surface area (Å²) in [7, 11) is 3.78. The van der Waals surface area contributed by atoms with Gasteiger partial charge in [0.25, 0.3) is 0 Å². The van der Waals surface area contributed by atoms with Crippen LogP contribution in [0.5, 0.6) is 0 Å². The molecule has 2 heterocycles. The van der Waals surface area contributed by atoms with Crippen molar-refractivity contribution in [2.24, 2.45) is 7.05 Å². The number of hydrogen-bond donors (Lipinski definition) is 2. The van der Waals surface area contributed by atoms with Gasteiger partial charge in [-0.05, 0) is 13.0 Å². The van der Waals surface area contributed by atoms with Gasteiger partial charge in [-0.15, -0.1) is 10.2 Å². The van der Waals surface area contributed by atoms with Crippen molar-refractivity contribution in [2.75, 3.05) is 17.7 Å². The van der Waals surface area contributed by atoms with Gasteiger partial charge in [-0.1, -0.05) is 0 Å². The van der Waals surface area contributed by atoms with Crippen LogP contribution in [0, 0.1) is 0 Å². The minimum atomic E-state index is 0.0922. The van der Waals surface area contributed by atoms with E-state index in [0.717, 1.165) is 17.3 Å². The van der Waals surface area contributed by atoms with E-state index in [-0.39, 0.29) is 6.04 Å². The van der Waals surface area contributed by atoms with Crippen molar-refractivity contribution < 1.29 is 0 Å². The Morgan fingerprint density at radius 2 is 2.24 bits per heavy atom. The summed E-state index contributed by atoms with van der Waals surface area (Å²) in [6, 6.07) is 3.97. The molecule has 1 unspecified atom stereocenters. The monoisotopic (exact) mass is 232 g/mol. The number of pyridine rings is 1. The van der Waals surface area contributed by atoms with Crippen molar-refractivity contribution in [3.05, 3.63) is 30.5 Å². The van der Waals surface area contributed by atoms with Gasteiger partial charge in [0, 0.05) is 32.0 Å². The molecule has 0 amide bonds. The highest BCUT2D eigenvalue weighted by molar-refractivity contribution is 5.52. The number of nitrogens with one attached hydrogen (secondary N) is 2. The summed E-state index contributed by atoms with van der Waals surface area (Å²) >= 11 is 0. The quantitative estimate of drug-likeness (QED) is 0.834. The van der Waals surface area contributed by atoms with E-state index in [1.54, 1.807) is 12.5 Å². The molecular weight excluding hydrogens is 216 g/mol. The van der Waals surface area contributed by atoms with Gasteiger partial charge in [-0.2, -0.15) is 0 Å². The Morgan fingerprint density at radius 1 is 1.41 bits per heavy atom. The number of aryl methyl sites for hydroxylation is 1. The summed E-state index contributed by atoms with van der Waals surface area (Å²) in [5, 5.41) is 14.3. The number of aromatic nitrogens is 4. The minimum absolute atomic E-state index is 0.0922. The first-order valence-corrected chi connectivity index (χ1v) is 5.45.